The molecule has 0 saturated carbocycles. The largest absolute Gasteiger partial charge is 0.376 e. The third kappa shape index (κ3) is 2.85. The minimum Gasteiger partial charge on any atom is -0.376 e. The van der Waals surface area contributed by atoms with Gasteiger partial charge in [-0.1, -0.05) is 6.92 Å². The molecule has 0 aromatic carbocycles. The van der Waals surface area contributed by atoms with Crippen molar-refractivity contribution in [2.24, 2.45) is 5.92 Å². The van der Waals surface area contributed by atoms with E-state index in [-0.39, 0.29) is 18.1 Å². The fraction of sp³-hybridized carbons (Fsp3) is 0.889. The van der Waals surface area contributed by atoms with Gasteiger partial charge >= 0.3 is 0 Å². The van der Waals surface area contributed by atoms with Crippen LogP contribution in [0.1, 0.15) is 20.3 Å². The van der Waals surface area contributed by atoms with Crippen LogP contribution in [0.2, 0.25) is 0 Å². The second kappa shape index (κ2) is 4.82. The Hall–Kier alpha value is -0.280. The topological polar surface area (TPSA) is 38.3 Å². The van der Waals surface area contributed by atoms with Crippen molar-refractivity contribution >= 4 is 17.5 Å². The summed E-state index contributed by atoms with van der Waals surface area (Å²) in [4.78, 5) is 11.2. The quantitative estimate of drug-likeness (QED) is 0.703. The van der Waals surface area contributed by atoms with Gasteiger partial charge in [0.25, 0.3) is 0 Å². The predicted molar refractivity (Wildman–Crippen MR) is 51.8 cm³/mol. The number of hydrogen-bond acceptors (Lipinski definition) is 2. The highest BCUT2D eigenvalue weighted by atomic mass is 35.5. The average Bonchev–Trinajstić information content (AvgIpc) is 2.37. The Bertz CT molecular complexity index is 186. The van der Waals surface area contributed by atoms with Crippen molar-refractivity contribution < 1.29 is 9.53 Å². The summed E-state index contributed by atoms with van der Waals surface area (Å²) in [5.74, 6) is 0.785. The molecule has 0 spiro atoms. The van der Waals surface area contributed by atoms with E-state index in [0.29, 0.717) is 24.8 Å². The molecule has 1 aliphatic heterocycles. The minimum absolute atomic E-state index is 0.0181. The van der Waals surface area contributed by atoms with Crippen LogP contribution in [0.15, 0.2) is 0 Å². The molecule has 1 N–H and O–H groups in total. The summed E-state index contributed by atoms with van der Waals surface area (Å²) in [6, 6.07) is 0.158. The summed E-state index contributed by atoms with van der Waals surface area (Å²) in [5, 5.41) is 2.91. The van der Waals surface area contributed by atoms with Gasteiger partial charge in [-0.25, -0.2) is 0 Å². The molecule has 1 rings (SSSR count). The lowest BCUT2D eigenvalue weighted by molar-refractivity contribution is -0.121. The van der Waals surface area contributed by atoms with Gasteiger partial charge in [-0.3, -0.25) is 4.79 Å². The third-order valence-corrected chi connectivity index (χ3v) is 2.77. The number of rotatable bonds is 3. The van der Waals surface area contributed by atoms with Crippen LogP contribution in [0.3, 0.4) is 0 Å². The lowest BCUT2D eigenvalue weighted by Gasteiger charge is -2.16. The Morgan fingerprint density at radius 3 is 2.77 bits per heavy atom. The van der Waals surface area contributed by atoms with Crippen LogP contribution in [0, 0.1) is 5.92 Å². The SMILES string of the molecule is CC1OCC(NC(=O)CCCl)C1C. The number of amides is 1. The number of alkyl halides is 1. The molecule has 1 amide bonds. The van der Waals surface area contributed by atoms with E-state index in [1.54, 1.807) is 0 Å². The Balaban J connectivity index is 2.33. The summed E-state index contributed by atoms with van der Waals surface area (Å²) in [5.41, 5.74) is 0. The van der Waals surface area contributed by atoms with E-state index < -0.39 is 0 Å². The molecule has 76 valence electrons. The first-order chi connectivity index (χ1) is 6.15. The van der Waals surface area contributed by atoms with E-state index in [0.717, 1.165) is 0 Å². The lowest BCUT2D eigenvalue weighted by atomic mass is 10.0. The fourth-order valence-corrected chi connectivity index (χ4v) is 1.60. The van der Waals surface area contributed by atoms with E-state index in [9.17, 15) is 4.79 Å². The third-order valence-electron chi connectivity index (χ3n) is 2.58. The van der Waals surface area contributed by atoms with Crippen molar-refractivity contribution in [2.75, 3.05) is 12.5 Å². The average molecular weight is 206 g/mol. The molecular formula is C9H16ClNO2. The van der Waals surface area contributed by atoms with Crippen molar-refractivity contribution in [3.05, 3.63) is 0 Å². The van der Waals surface area contributed by atoms with Crippen LogP contribution >= 0.6 is 11.6 Å². The van der Waals surface area contributed by atoms with Crippen LogP contribution in [-0.4, -0.2) is 30.5 Å². The lowest BCUT2D eigenvalue weighted by Crippen LogP contribution is -2.39. The van der Waals surface area contributed by atoms with E-state index >= 15 is 0 Å². The zero-order valence-corrected chi connectivity index (χ0v) is 8.80. The number of carbonyl (C=O) groups is 1. The summed E-state index contributed by atoms with van der Waals surface area (Å²) in [6.45, 7) is 4.73. The highest BCUT2D eigenvalue weighted by Gasteiger charge is 2.31. The van der Waals surface area contributed by atoms with E-state index in [1.165, 1.54) is 0 Å². The maximum absolute atomic E-state index is 11.2. The van der Waals surface area contributed by atoms with Crippen molar-refractivity contribution in [3.8, 4) is 0 Å². The van der Waals surface area contributed by atoms with Gasteiger partial charge in [-0.05, 0) is 6.92 Å². The Morgan fingerprint density at radius 2 is 2.31 bits per heavy atom. The van der Waals surface area contributed by atoms with Crippen molar-refractivity contribution in [3.63, 3.8) is 0 Å². The number of halogens is 1. The molecule has 0 radical (unpaired) electrons. The number of ether oxygens (including phenoxy) is 1. The van der Waals surface area contributed by atoms with Crippen LogP contribution in [0.5, 0.6) is 0 Å². The van der Waals surface area contributed by atoms with Gasteiger partial charge in [0.2, 0.25) is 5.91 Å². The van der Waals surface area contributed by atoms with Crippen molar-refractivity contribution in [1.82, 2.24) is 5.32 Å². The minimum atomic E-state index is 0.0181. The predicted octanol–water partition coefficient (Wildman–Crippen LogP) is 1.15. The molecule has 0 bridgehead atoms. The number of carbonyl (C=O) groups excluding carboxylic acids is 1. The Morgan fingerprint density at radius 1 is 1.62 bits per heavy atom. The van der Waals surface area contributed by atoms with Crippen LogP contribution < -0.4 is 5.32 Å². The van der Waals surface area contributed by atoms with Gasteiger partial charge in [0.1, 0.15) is 0 Å². The molecule has 0 aromatic rings. The van der Waals surface area contributed by atoms with Crippen LogP contribution in [0.4, 0.5) is 0 Å². The molecule has 0 aromatic heterocycles. The number of hydrogen-bond donors (Lipinski definition) is 1. The molecular weight excluding hydrogens is 190 g/mol. The highest BCUT2D eigenvalue weighted by molar-refractivity contribution is 6.18. The molecule has 0 aliphatic carbocycles. The standard InChI is InChI=1S/C9H16ClNO2/c1-6-7(2)13-5-8(6)11-9(12)3-4-10/h6-8H,3-5H2,1-2H3,(H,11,12). The monoisotopic (exact) mass is 205 g/mol. The zero-order chi connectivity index (χ0) is 9.84. The molecule has 1 heterocycles. The Labute approximate surface area is 83.8 Å². The maximum atomic E-state index is 11.2. The zero-order valence-electron chi connectivity index (χ0n) is 8.05. The Kier molecular flexibility index (Phi) is 4.00. The van der Waals surface area contributed by atoms with Gasteiger partial charge in [0, 0.05) is 18.2 Å². The fourth-order valence-electron chi connectivity index (χ4n) is 1.42. The first-order valence-corrected chi connectivity index (χ1v) is 5.15. The summed E-state index contributed by atoms with van der Waals surface area (Å²) >= 11 is 5.45. The number of nitrogens with one attached hydrogen (secondary N) is 1. The van der Waals surface area contributed by atoms with Gasteiger partial charge < -0.3 is 10.1 Å². The van der Waals surface area contributed by atoms with Crippen LogP contribution in [0.25, 0.3) is 0 Å². The van der Waals surface area contributed by atoms with E-state index in [4.69, 9.17) is 16.3 Å². The first kappa shape index (κ1) is 10.8. The maximum Gasteiger partial charge on any atom is 0.221 e. The van der Waals surface area contributed by atoms with E-state index in [2.05, 4.69) is 12.2 Å². The molecule has 1 saturated heterocycles. The van der Waals surface area contributed by atoms with E-state index in [1.807, 2.05) is 6.92 Å². The summed E-state index contributed by atoms with van der Waals surface area (Å²) in [7, 11) is 0. The molecule has 3 nitrogen and oxygen atoms in total. The first-order valence-electron chi connectivity index (χ1n) is 4.62. The molecule has 13 heavy (non-hydrogen) atoms. The second-order valence-electron chi connectivity index (χ2n) is 3.51. The van der Waals surface area contributed by atoms with Gasteiger partial charge in [-0.15, -0.1) is 11.6 Å². The summed E-state index contributed by atoms with van der Waals surface area (Å²) in [6.07, 6.45) is 0.625. The molecule has 3 atom stereocenters. The summed E-state index contributed by atoms with van der Waals surface area (Å²) < 4.78 is 5.41. The molecule has 3 unspecified atom stereocenters. The highest BCUT2D eigenvalue weighted by Crippen LogP contribution is 2.20. The second-order valence-corrected chi connectivity index (χ2v) is 3.89. The molecule has 1 fully saturated rings. The van der Waals surface area contributed by atoms with Crippen molar-refractivity contribution in [1.29, 1.82) is 0 Å². The molecule has 4 heteroatoms. The van der Waals surface area contributed by atoms with Gasteiger partial charge in [-0.2, -0.15) is 0 Å². The van der Waals surface area contributed by atoms with Gasteiger partial charge in [0.05, 0.1) is 18.8 Å². The molecule has 1 aliphatic rings. The van der Waals surface area contributed by atoms with Gasteiger partial charge in [0.15, 0.2) is 0 Å². The van der Waals surface area contributed by atoms with Crippen LogP contribution in [-0.2, 0) is 9.53 Å². The normalized spacial score (nSPS) is 33.3. The smallest absolute Gasteiger partial charge is 0.221 e. The van der Waals surface area contributed by atoms with Crippen molar-refractivity contribution in [2.45, 2.75) is 32.4 Å².